The molecule has 2 heterocycles. The van der Waals surface area contributed by atoms with Gasteiger partial charge in [0.05, 0.1) is 6.54 Å². The maximum atomic E-state index is 12.6. The molecule has 118 valence electrons. The Morgan fingerprint density at radius 2 is 2.05 bits per heavy atom. The van der Waals surface area contributed by atoms with Gasteiger partial charge in [0.2, 0.25) is 10.0 Å². The van der Waals surface area contributed by atoms with Crippen molar-refractivity contribution in [3.05, 3.63) is 17.6 Å². The second kappa shape index (κ2) is 5.83. The van der Waals surface area contributed by atoms with Gasteiger partial charge in [-0.1, -0.05) is 0 Å². The Morgan fingerprint density at radius 1 is 1.38 bits per heavy atom. The van der Waals surface area contributed by atoms with Crippen LogP contribution in [0.3, 0.4) is 0 Å². The van der Waals surface area contributed by atoms with Crippen LogP contribution < -0.4 is 5.32 Å². The van der Waals surface area contributed by atoms with Crippen LogP contribution in [0.15, 0.2) is 15.4 Å². The molecule has 2 fully saturated rings. The van der Waals surface area contributed by atoms with E-state index in [-0.39, 0.29) is 4.90 Å². The van der Waals surface area contributed by atoms with Gasteiger partial charge in [0.1, 0.15) is 16.4 Å². The third-order valence-electron chi connectivity index (χ3n) is 3.82. The Labute approximate surface area is 127 Å². The van der Waals surface area contributed by atoms with Crippen LogP contribution in [0.5, 0.6) is 0 Å². The zero-order valence-corrected chi connectivity index (χ0v) is 13.6. The van der Waals surface area contributed by atoms with E-state index >= 15 is 0 Å². The van der Waals surface area contributed by atoms with Crippen LogP contribution >= 0.6 is 0 Å². The summed E-state index contributed by atoms with van der Waals surface area (Å²) in [5.41, 5.74) is 0. The highest BCUT2D eigenvalue weighted by Crippen LogP contribution is 2.25. The Balaban J connectivity index is 1.76. The van der Waals surface area contributed by atoms with Crippen LogP contribution in [-0.4, -0.2) is 47.6 Å². The van der Waals surface area contributed by atoms with E-state index in [9.17, 15) is 12.6 Å². The van der Waals surface area contributed by atoms with Gasteiger partial charge >= 0.3 is 0 Å². The molecule has 21 heavy (non-hydrogen) atoms. The van der Waals surface area contributed by atoms with Crippen LogP contribution in [0, 0.1) is 6.92 Å². The molecule has 1 aromatic heterocycles. The van der Waals surface area contributed by atoms with Gasteiger partial charge in [-0.15, -0.1) is 0 Å². The average molecular weight is 332 g/mol. The van der Waals surface area contributed by atoms with Crippen LogP contribution in [-0.2, 0) is 27.4 Å². The molecule has 1 aliphatic heterocycles. The largest absolute Gasteiger partial charge is 0.464 e. The summed E-state index contributed by atoms with van der Waals surface area (Å²) in [7, 11) is -4.43. The Hall–Kier alpha value is -0.700. The molecule has 1 aliphatic carbocycles. The van der Waals surface area contributed by atoms with E-state index in [4.69, 9.17) is 4.42 Å². The first kappa shape index (κ1) is 15.2. The number of furan rings is 1. The van der Waals surface area contributed by atoms with Gasteiger partial charge in [0, 0.05) is 47.5 Å². The second-order valence-corrected chi connectivity index (χ2v) is 9.14. The van der Waals surface area contributed by atoms with Crippen molar-refractivity contribution >= 4 is 20.8 Å². The van der Waals surface area contributed by atoms with E-state index < -0.39 is 20.8 Å². The van der Waals surface area contributed by atoms with Crippen LogP contribution in [0.1, 0.15) is 24.4 Å². The van der Waals surface area contributed by atoms with Gasteiger partial charge in [-0.05, 0) is 19.8 Å². The first-order chi connectivity index (χ1) is 9.96. The summed E-state index contributed by atoms with van der Waals surface area (Å²) in [6, 6.07) is 2.17. The van der Waals surface area contributed by atoms with Gasteiger partial charge in [-0.3, -0.25) is 4.21 Å². The molecule has 0 bridgehead atoms. The van der Waals surface area contributed by atoms with Crippen LogP contribution in [0.25, 0.3) is 0 Å². The van der Waals surface area contributed by atoms with Gasteiger partial charge in [0.15, 0.2) is 0 Å². The third kappa shape index (κ3) is 3.39. The number of aryl methyl sites for hydroxylation is 1. The normalized spacial score (nSPS) is 21.8. The number of nitrogens with one attached hydrogen (secondary N) is 1. The summed E-state index contributed by atoms with van der Waals surface area (Å²) in [5.74, 6) is 1.89. The van der Waals surface area contributed by atoms with Gasteiger partial charge in [-0.2, -0.15) is 4.31 Å². The summed E-state index contributed by atoms with van der Waals surface area (Å²) in [4.78, 5) is 0.239. The van der Waals surface area contributed by atoms with Crippen molar-refractivity contribution < 1.29 is 17.0 Å². The highest BCUT2D eigenvalue weighted by Gasteiger charge is 2.31. The Bertz CT molecular complexity index is 639. The predicted molar refractivity (Wildman–Crippen MR) is 79.9 cm³/mol. The van der Waals surface area contributed by atoms with Crippen molar-refractivity contribution in [2.45, 2.75) is 37.2 Å². The van der Waals surface area contributed by atoms with Crippen molar-refractivity contribution in [3.63, 3.8) is 0 Å². The molecule has 2 aliphatic rings. The zero-order chi connectivity index (χ0) is 15.0. The fraction of sp³-hybridized carbons (Fsp3) is 0.692. The minimum Gasteiger partial charge on any atom is -0.464 e. The first-order valence-electron chi connectivity index (χ1n) is 7.14. The molecule has 3 rings (SSSR count). The lowest BCUT2D eigenvalue weighted by Gasteiger charge is -2.25. The molecule has 8 heteroatoms. The van der Waals surface area contributed by atoms with Gasteiger partial charge in [0.25, 0.3) is 0 Å². The molecular formula is C13H20N2O4S2. The highest BCUT2D eigenvalue weighted by molar-refractivity contribution is 7.89. The molecule has 0 spiro atoms. The molecule has 6 nitrogen and oxygen atoms in total. The van der Waals surface area contributed by atoms with Crippen LogP contribution in [0.4, 0.5) is 0 Å². The van der Waals surface area contributed by atoms with Crippen molar-refractivity contribution in [2.75, 3.05) is 24.6 Å². The topological polar surface area (TPSA) is 79.6 Å². The lowest BCUT2D eigenvalue weighted by atomic mass is 10.4. The molecule has 0 amide bonds. The van der Waals surface area contributed by atoms with E-state index in [2.05, 4.69) is 5.32 Å². The lowest BCUT2D eigenvalue weighted by Crippen LogP contribution is -2.41. The Morgan fingerprint density at radius 3 is 2.67 bits per heavy atom. The van der Waals surface area contributed by atoms with Gasteiger partial charge < -0.3 is 9.73 Å². The lowest BCUT2D eigenvalue weighted by molar-refractivity contribution is 0.432. The molecule has 0 aromatic carbocycles. The minimum absolute atomic E-state index is 0.239. The van der Waals surface area contributed by atoms with E-state index in [0.29, 0.717) is 48.7 Å². The number of sulfonamides is 1. The molecule has 1 saturated carbocycles. The number of hydrogen-bond donors (Lipinski definition) is 1. The smallest absolute Gasteiger partial charge is 0.246 e. The second-order valence-electron chi connectivity index (χ2n) is 5.54. The van der Waals surface area contributed by atoms with Crippen LogP contribution in [0.2, 0.25) is 0 Å². The maximum Gasteiger partial charge on any atom is 0.246 e. The summed E-state index contributed by atoms with van der Waals surface area (Å²) >= 11 is 0. The standard InChI is InChI=1S/C13H20N2O4S2/c1-10-13(8-12(19-10)9-14-11-2-3-11)21(17,18)15-4-6-20(16)7-5-15/h8,11,14H,2-7,9H2,1H3. The zero-order valence-electron chi connectivity index (χ0n) is 12.0. The van der Waals surface area contributed by atoms with Crippen molar-refractivity contribution in [2.24, 2.45) is 0 Å². The molecular weight excluding hydrogens is 312 g/mol. The first-order valence-corrected chi connectivity index (χ1v) is 10.1. The SMILES string of the molecule is Cc1oc(CNC2CC2)cc1S(=O)(=O)N1CCS(=O)CC1. The molecule has 1 N–H and O–H groups in total. The van der Waals surface area contributed by atoms with Crippen molar-refractivity contribution in [1.29, 1.82) is 0 Å². The molecule has 0 radical (unpaired) electrons. The monoisotopic (exact) mass is 332 g/mol. The summed E-state index contributed by atoms with van der Waals surface area (Å²) in [6.07, 6.45) is 2.35. The molecule has 0 atom stereocenters. The van der Waals surface area contributed by atoms with Crippen molar-refractivity contribution in [3.8, 4) is 0 Å². The fourth-order valence-electron chi connectivity index (χ4n) is 2.40. The quantitative estimate of drug-likeness (QED) is 0.854. The fourth-order valence-corrected chi connectivity index (χ4v) is 5.31. The van der Waals surface area contributed by atoms with E-state index in [1.807, 2.05) is 0 Å². The maximum absolute atomic E-state index is 12.6. The predicted octanol–water partition coefficient (Wildman–Crippen LogP) is 0.593. The minimum atomic E-state index is -3.54. The summed E-state index contributed by atoms with van der Waals surface area (Å²) < 4.78 is 43.6. The van der Waals surface area contributed by atoms with Gasteiger partial charge in [-0.25, -0.2) is 8.42 Å². The highest BCUT2D eigenvalue weighted by atomic mass is 32.2. The Kier molecular flexibility index (Phi) is 4.22. The number of rotatable bonds is 5. The molecule has 0 unspecified atom stereocenters. The van der Waals surface area contributed by atoms with E-state index in [1.54, 1.807) is 13.0 Å². The molecule has 1 aromatic rings. The summed E-state index contributed by atoms with van der Waals surface area (Å²) in [6.45, 7) is 2.87. The summed E-state index contributed by atoms with van der Waals surface area (Å²) in [5, 5.41) is 3.31. The average Bonchev–Trinajstić information content (AvgIpc) is 3.19. The van der Waals surface area contributed by atoms with E-state index in [1.165, 1.54) is 17.1 Å². The number of nitrogens with zero attached hydrogens (tertiary/aromatic N) is 1. The van der Waals surface area contributed by atoms with E-state index in [0.717, 1.165) is 0 Å². The van der Waals surface area contributed by atoms with Crippen molar-refractivity contribution in [1.82, 2.24) is 9.62 Å². The third-order valence-corrected chi connectivity index (χ3v) is 7.10. The molecule has 1 saturated heterocycles. The number of hydrogen-bond acceptors (Lipinski definition) is 5.